The number of aromatic nitrogens is 2. The van der Waals surface area contributed by atoms with Crippen molar-refractivity contribution in [2.75, 3.05) is 0 Å². The highest BCUT2D eigenvalue weighted by Gasteiger charge is 2.29. The molecule has 0 N–H and O–H groups in total. The molecule has 0 fully saturated rings. The van der Waals surface area contributed by atoms with E-state index in [2.05, 4.69) is 73.9 Å². The van der Waals surface area contributed by atoms with Gasteiger partial charge in [-0.3, -0.25) is 0 Å². The van der Waals surface area contributed by atoms with Crippen LogP contribution in [0.15, 0.2) is 77.3 Å². The Morgan fingerprint density at radius 2 is 1.61 bits per heavy atom. The van der Waals surface area contributed by atoms with Gasteiger partial charge in [0.2, 0.25) is 0 Å². The van der Waals surface area contributed by atoms with Crippen molar-refractivity contribution in [1.29, 1.82) is 0 Å². The molecule has 3 nitrogen and oxygen atoms in total. The molecule has 6 aromatic rings. The smallest absolute Gasteiger partial charge is 0.286 e. The van der Waals surface area contributed by atoms with Gasteiger partial charge >= 0.3 is 0 Å². The lowest BCUT2D eigenvalue weighted by Crippen LogP contribution is -2.33. The molecule has 0 radical (unpaired) electrons. The minimum Gasteiger partial charge on any atom is -0.456 e. The van der Waals surface area contributed by atoms with Gasteiger partial charge in [-0.15, -0.1) is 0 Å². The maximum Gasteiger partial charge on any atom is 0.286 e. The van der Waals surface area contributed by atoms with E-state index in [-0.39, 0.29) is 0 Å². The fraction of sp³-hybridized carbons (Fsp3) is 0.179. The van der Waals surface area contributed by atoms with Crippen LogP contribution in [-0.2, 0) is 7.05 Å². The summed E-state index contributed by atoms with van der Waals surface area (Å²) in [5.41, 5.74) is 6.72. The van der Waals surface area contributed by atoms with Gasteiger partial charge in [-0.1, -0.05) is 50.2 Å². The van der Waals surface area contributed by atoms with Crippen molar-refractivity contribution < 1.29 is 10.4 Å². The molecule has 0 saturated heterocycles. The van der Waals surface area contributed by atoms with Crippen molar-refractivity contribution in [2.24, 2.45) is 7.05 Å². The van der Waals surface area contributed by atoms with Crippen molar-refractivity contribution >= 4 is 43.7 Å². The molecule has 0 bridgehead atoms. The zero-order chi connectivity index (χ0) is 22.1. The summed E-state index contributed by atoms with van der Waals surface area (Å²) in [5, 5.41) is 4.76. The van der Waals surface area contributed by atoms with E-state index in [1.165, 1.54) is 32.8 Å². The lowest BCUT2D eigenvalue weighted by molar-refractivity contribution is -0.665. The number of benzene rings is 3. The van der Waals surface area contributed by atoms with E-state index in [0.29, 0.717) is 12.1 Å². The van der Waals surface area contributed by atoms with Gasteiger partial charge in [0.05, 0.1) is 13.2 Å². The molecule has 0 amide bonds. The molecule has 0 aliphatic heterocycles. The summed E-state index contributed by atoms with van der Waals surface area (Å²) in [6.07, 6.45) is 0.477. The molecule has 0 aliphatic carbocycles. The minimum absolute atomic E-state index is 0.310. The average Bonchev–Trinajstić information content (AvgIpc) is 3.31. The molecule has 0 aliphatic rings. The summed E-state index contributed by atoms with van der Waals surface area (Å²) >= 11 is 0. The quantitative estimate of drug-likeness (QED) is 0.286. The van der Waals surface area contributed by atoms with E-state index in [4.69, 9.17) is 5.79 Å². The molecule has 0 saturated carbocycles. The van der Waals surface area contributed by atoms with Gasteiger partial charge in [-0.2, -0.15) is 4.57 Å². The summed E-state index contributed by atoms with van der Waals surface area (Å²) in [5.74, 6) is 1.29. The number of rotatable bonds is 2. The third kappa shape index (κ3) is 2.37. The van der Waals surface area contributed by atoms with Crippen LogP contribution in [0.3, 0.4) is 0 Å². The molecule has 0 atom stereocenters. The van der Waals surface area contributed by atoms with Crippen LogP contribution < -0.4 is 4.57 Å². The molecule has 0 spiro atoms. The lowest BCUT2D eigenvalue weighted by Gasteiger charge is -2.13. The molecule has 31 heavy (non-hydrogen) atoms. The molecule has 152 valence electrons. The van der Waals surface area contributed by atoms with Gasteiger partial charge in [0.15, 0.2) is 0 Å². The van der Waals surface area contributed by atoms with E-state index in [9.17, 15) is 0 Å². The SMILES string of the molecule is [2H]c1cccc(-n2c3ccccc3c3c4c(oc5ccccc54)c(C(C)C)c(C)c32)[n+]1C. The van der Waals surface area contributed by atoms with Crippen LogP contribution in [0.2, 0.25) is 0 Å². The number of hydrogen-bond donors (Lipinski definition) is 0. The Balaban J connectivity index is 1.98. The largest absolute Gasteiger partial charge is 0.456 e. The minimum atomic E-state index is 0.310. The Kier molecular flexibility index (Phi) is 3.56. The first kappa shape index (κ1) is 17.1. The van der Waals surface area contributed by atoms with Gasteiger partial charge < -0.3 is 4.42 Å². The van der Waals surface area contributed by atoms with Crippen molar-refractivity contribution in [1.82, 2.24) is 4.57 Å². The Morgan fingerprint density at radius 3 is 2.42 bits per heavy atom. The van der Waals surface area contributed by atoms with Gasteiger partial charge in [-0.25, -0.2) is 4.57 Å². The zero-order valence-electron chi connectivity index (χ0n) is 19.2. The third-order valence-electron chi connectivity index (χ3n) is 6.48. The van der Waals surface area contributed by atoms with E-state index >= 15 is 0 Å². The molecule has 3 heteroatoms. The van der Waals surface area contributed by atoms with Crippen LogP contribution in [0.1, 0.15) is 32.3 Å². The number of pyridine rings is 1. The number of para-hydroxylation sites is 2. The normalized spacial score (nSPS) is 12.6. The van der Waals surface area contributed by atoms with Gasteiger partial charge in [0.1, 0.15) is 23.6 Å². The standard InChI is InChI=1S/C28H25N2O/c1-17(2)24-18(3)27-25(26-20-12-6-8-14-22(20)31-28(24)26)19-11-5-7-13-21(19)30(27)23-15-9-10-16-29(23)4/h5-17H,1-4H3/q+1/i16D. The molecule has 0 unspecified atom stereocenters. The Hall–Kier alpha value is -3.59. The zero-order valence-corrected chi connectivity index (χ0v) is 18.2. The van der Waals surface area contributed by atoms with Crippen LogP contribution >= 0.6 is 0 Å². The maximum absolute atomic E-state index is 8.39. The highest BCUT2D eigenvalue weighted by molar-refractivity contribution is 6.28. The highest BCUT2D eigenvalue weighted by atomic mass is 16.3. The van der Waals surface area contributed by atoms with Crippen LogP contribution in [0.25, 0.3) is 49.6 Å². The summed E-state index contributed by atoms with van der Waals surface area (Å²) in [6, 6.07) is 22.8. The van der Waals surface area contributed by atoms with Crippen molar-refractivity contribution in [3.05, 3.63) is 84.0 Å². The first-order valence-electron chi connectivity index (χ1n) is 11.3. The Bertz CT molecular complexity index is 1690. The highest BCUT2D eigenvalue weighted by Crippen LogP contribution is 2.45. The number of furan rings is 1. The Morgan fingerprint density at radius 1 is 0.903 bits per heavy atom. The molecule has 3 heterocycles. The molecule has 3 aromatic heterocycles. The second-order valence-corrected chi connectivity index (χ2v) is 8.64. The van der Waals surface area contributed by atoms with E-state index in [0.717, 1.165) is 27.9 Å². The van der Waals surface area contributed by atoms with Crippen LogP contribution in [0.5, 0.6) is 0 Å². The number of hydrogen-bond acceptors (Lipinski definition) is 1. The first-order valence-corrected chi connectivity index (χ1v) is 10.8. The summed E-state index contributed by atoms with van der Waals surface area (Å²) in [6.45, 7) is 6.68. The Labute approximate surface area is 182 Å². The van der Waals surface area contributed by atoms with Gasteiger partial charge in [-0.05, 0) is 37.1 Å². The topological polar surface area (TPSA) is 21.9 Å². The fourth-order valence-electron chi connectivity index (χ4n) is 5.25. The predicted octanol–water partition coefficient (Wildman–Crippen LogP) is 6.94. The fourth-order valence-corrected chi connectivity index (χ4v) is 5.25. The van der Waals surface area contributed by atoms with Crippen LogP contribution in [-0.4, -0.2) is 4.57 Å². The summed E-state index contributed by atoms with van der Waals surface area (Å²) in [7, 11) is 1.96. The number of aryl methyl sites for hydroxylation is 1. The van der Waals surface area contributed by atoms with Crippen LogP contribution in [0, 0.1) is 6.92 Å². The second kappa shape index (κ2) is 6.45. The monoisotopic (exact) mass is 406 g/mol. The summed E-state index contributed by atoms with van der Waals surface area (Å²) < 4.78 is 19.2. The first-order chi connectivity index (χ1) is 15.5. The van der Waals surface area contributed by atoms with Gasteiger partial charge in [0.25, 0.3) is 5.82 Å². The van der Waals surface area contributed by atoms with E-state index < -0.39 is 0 Å². The third-order valence-corrected chi connectivity index (χ3v) is 6.48. The lowest BCUT2D eigenvalue weighted by atomic mass is 9.92. The van der Waals surface area contributed by atoms with Gasteiger partial charge in [0, 0.05) is 38.7 Å². The molecular weight excluding hydrogens is 380 g/mol. The molecule has 3 aromatic carbocycles. The molecule has 6 rings (SSSR count). The van der Waals surface area contributed by atoms with Crippen molar-refractivity contribution in [3.63, 3.8) is 0 Å². The van der Waals surface area contributed by atoms with Crippen molar-refractivity contribution in [3.8, 4) is 5.82 Å². The molecular formula is C28H25N2O+. The van der Waals surface area contributed by atoms with E-state index in [1.54, 1.807) is 0 Å². The summed E-state index contributed by atoms with van der Waals surface area (Å²) in [4.78, 5) is 0. The number of fused-ring (bicyclic) bond motifs is 7. The van der Waals surface area contributed by atoms with E-state index in [1.807, 2.05) is 29.8 Å². The maximum atomic E-state index is 8.39. The average molecular weight is 407 g/mol. The van der Waals surface area contributed by atoms with Crippen molar-refractivity contribution in [2.45, 2.75) is 26.7 Å². The second-order valence-electron chi connectivity index (χ2n) is 8.64. The predicted molar refractivity (Wildman–Crippen MR) is 128 cm³/mol. The number of nitrogens with zero attached hydrogens (tertiary/aromatic N) is 2. The van der Waals surface area contributed by atoms with Crippen LogP contribution in [0.4, 0.5) is 0 Å².